The Morgan fingerprint density at radius 3 is 2.56 bits per heavy atom. The third-order valence-electron chi connectivity index (χ3n) is 3.79. The second-order valence-corrected chi connectivity index (χ2v) is 5.34. The zero-order valence-electron chi connectivity index (χ0n) is 11.6. The maximum absolute atomic E-state index is 5.59. The van der Waals surface area contributed by atoms with Crippen LogP contribution in [0.15, 0.2) is 24.3 Å². The molecule has 0 aliphatic heterocycles. The van der Waals surface area contributed by atoms with Crippen LogP contribution < -0.4 is 10.1 Å². The Bertz CT molecular complexity index is 343. The molecule has 1 N–H and O–H groups in total. The van der Waals surface area contributed by atoms with E-state index in [4.69, 9.17) is 4.74 Å². The Morgan fingerprint density at radius 2 is 2.00 bits per heavy atom. The number of hydrogen-bond acceptors (Lipinski definition) is 2. The standard InChI is InChI=1S/C16H25NO/c1-3-11-18-16-9-7-15(8-10-16)13(2)17-12-14-5-4-6-14/h7-10,13-14,17H,3-6,11-12H2,1-2H3. The molecule has 0 heterocycles. The molecule has 1 atom stereocenters. The fourth-order valence-corrected chi connectivity index (χ4v) is 2.23. The quantitative estimate of drug-likeness (QED) is 0.788. The predicted molar refractivity (Wildman–Crippen MR) is 76.0 cm³/mol. The molecule has 2 nitrogen and oxygen atoms in total. The minimum absolute atomic E-state index is 0.436. The maximum atomic E-state index is 5.59. The highest BCUT2D eigenvalue weighted by Gasteiger charge is 2.17. The predicted octanol–water partition coefficient (Wildman–Crippen LogP) is 3.93. The van der Waals surface area contributed by atoms with Gasteiger partial charge in [0.15, 0.2) is 0 Å². The zero-order chi connectivity index (χ0) is 12.8. The lowest BCUT2D eigenvalue weighted by Gasteiger charge is -2.27. The molecule has 0 saturated heterocycles. The third kappa shape index (κ3) is 3.74. The Morgan fingerprint density at radius 1 is 1.28 bits per heavy atom. The van der Waals surface area contributed by atoms with E-state index in [2.05, 4.69) is 43.4 Å². The Hall–Kier alpha value is -1.02. The summed E-state index contributed by atoms with van der Waals surface area (Å²) >= 11 is 0. The average Bonchev–Trinajstić information content (AvgIpc) is 2.35. The SMILES string of the molecule is CCCOc1ccc(C(C)NCC2CCC2)cc1. The van der Waals surface area contributed by atoms with E-state index >= 15 is 0 Å². The van der Waals surface area contributed by atoms with Crippen LogP contribution in [0.3, 0.4) is 0 Å². The first-order valence-electron chi connectivity index (χ1n) is 7.25. The number of hydrogen-bond donors (Lipinski definition) is 1. The molecule has 0 radical (unpaired) electrons. The molecule has 1 aliphatic rings. The molecule has 1 aromatic carbocycles. The van der Waals surface area contributed by atoms with E-state index in [9.17, 15) is 0 Å². The van der Waals surface area contributed by atoms with Gasteiger partial charge in [0.1, 0.15) is 5.75 Å². The Kier molecular flexibility index (Phi) is 5.06. The summed E-state index contributed by atoms with van der Waals surface area (Å²) in [6, 6.07) is 8.93. The van der Waals surface area contributed by atoms with Crippen molar-refractivity contribution in [3.8, 4) is 5.75 Å². The molecule has 100 valence electrons. The normalized spacial score (nSPS) is 17.2. The van der Waals surface area contributed by atoms with Crippen molar-refractivity contribution in [3.05, 3.63) is 29.8 Å². The molecule has 0 aromatic heterocycles. The fraction of sp³-hybridized carbons (Fsp3) is 0.625. The van der Waals surface area contributed by atoms with Crippen molar-refractivity contribution in [1.82, 2.24) is 5.32 Å². The van der Waals surface area contributed by atoms with Crippen molar-refractivity contribution in [3.63, 3.8) is 0 Å². The van der Waals surface area contributed by atoms with Gasteiger partial charge in [0.05, 0.1) is 6.61 Å². The summed E-state index contributed by atoms with van der Waals surface area (Å²) in [5.41, 5.74) is 1.35. The van der Waals surface area contributed by atoms with Crippen molar-refractivity contribution < 1.29 is 4.74 Å². The second-order valence-electron chi connectivity index (χ2n) is 5.34. The number of ether oxygens (including phenoxy) is 1. The van der Waals surface area contributed by atoms with E-state index in [0.717, 1.165) is 31.2 Å². The molecular formula is C16H25NO. The average molecular weight is 247 g/mol. The first-order valence-corrected chi connectivity index (χ1v) is 7.25. The van der Waals surface area contributed by atoms with Crippen LogP contribution in [-0.2, 0) is 0 Å². The van der Waals surface area contributed by atoms with Crippen molar-refractivity contribution in [2.45, 2.75) is 45.6 Å². The molecular weight excluding hydrogens is 222 g/mol. The van der Waals surface area contributed by atoms with E-state index in [0.29, 0.717) is 6.04 Å². The topological polar surface area (TPSA) is 21.3 Å². The van der Waals surface area contributed by atoms with Crippen molar-refractivity contribution in [2.75, 3.05) is 13.2 Å². The Labute approximate surface area is 111 Å². The molecule has 0 amide bonds. The number of benzene rings is 1. The van der Waals surface area contributed by atoms with Gasteiger partial charge in [-0.15, -0.1) is 0 Å². The van der Waals surface area contributed by atoms with Gasteiger partial charge in [-0.1, -0.05) is 25.5 Å². The van der Waals surface area contributed by atoms with Gasteiger partial charge in [-0.3, -0.25) is 0 Å². The van der Waals surface area contributed by atoms with Crippen LogP contribution in [0.4, 0.5) is 0 Å². The third-order valence-corrected chi connectivity index (χ3v) is 3.79. The largest absolute Gasteiger partial charge is 0.494 e. The van der Waals surface area contributed by atoms with E-state index in [1.807, 2.05) is 0 Å². The van der Waals surface area contributed by atoms with Crippen LogP contribution in [0.25, 0.3) is 0 Å². The maximum Gasteiger partial charge on any atom is 0.119 e. The van der Waals surface area contributed by atoms with Crippen LogP contribution in [0.1, 0.15) is 51.1 Å². The summed E-state index contributed by atoms with van der Waals surface area (Å²) in [7, 11) is 0. The molecule has 0 bridgehead atoms. The van der Waals surface area contributed by atoms with Crippen LogP contribution in [0, 0.1) is 5.92 Å². The van der Waals surface area contributed by atoms with E-state index < -0.39 is 0 Å². The second kappa shape index (κ2) is 6.79. The summed E-state index contributed by atoms with van der Waals surface area (Å²) in [4.78, 5) is 0. The number of nitrogens with one attached hydrogen (secondary N) is 1. The van der Waals surface area contributed by atoms with Gasteiger partial charge < -0.3 is 10.1 Å². The smallest absolute Gasteiger partial charge is 0.119 e. The van der Waals surface area contributed by atoms with E-state index in [-0.39, 0.29) is 0 Å². The lowest BCUT2D eigenvalue weighted by molar-refractivity contribution is 0.292. The van der Waals surface area contributed by atoms with Crippen LogP contribution in [0.5, 0.6) is 5.75 Å². The van der Waals surface area contributed by atoms with E-state index in [1.54, 1.807) is 0 Å². The zero-order valence-corrected chi connectivity index (χ0v) is 11.6. The molecule has 1 fully saturated rings. The van der Waals surface area contributed by atoms with Crippen LogP contribution in [0.2, 0.25) is 0 Å². The molecule has 1 aliphatic carbocycles. The molecule has 1 saturated carbocycles. The van der Waals surface area contributed by atoms with Gasteiger partial charge in [-0.05, 0) is 56.3 Å². The summed E-state index contributed by atoms with van der Waals surface area (Å²) in [5.74, 6) is 1.89. The highest BCUT2D eigenvalue weighted by Crippen LogP contribution is 2.26. The van der Waals surface area contributed by atoms with Gasteiger partial charge in [0.25, 0.3) is 0 Å². The highest BCUT2D eigenvalue weighted by atomic mass is 16.5. The van der Waals surface area contributed by atoms with Crippen molar-refractivity contribution >= 4 is 0 Å². The van der Waals surface area contributed by atoms with E-state index in [1.165, 1.54) is 24.8 Å². The molecule has 1 aromatic rings. The minimum atomic E-state index is 0.436. The summed E-state index contributed by atoms with van der Waals surface area (Å²) in [6.07, 6.45) is 5.29. The summed E-state index contributed by atoms with van der Waals surface area (Å²) in [6.45, 7) is 6.32. The molecule has 18 heavy (non-hydrogen) atoms. The molecule has 2 rings (SSSR count). The van der Waals surface area contributed by atoms with Crippen molar-refractivity contribution in [1.29, 1.82) is 0 Å². The van der Waals surface area contributed by atoms with Gasteiger partial charge in [0, 0.05) is 6.04 Å². The minimum Gasteiger partial charge on any atom is -0.494 e. The Balaban J connectivity index is 1.79. The van der Waals surface area contributed by atoms with Gasteiger partial charge >= 0.3 is 0 Å². The summed E-state index contributed by atoms with van der Waals surface area (Å²) < 4.78 is 5.59. The first kappa shape index (κ1) is 13.4. The lowest BCUT2D eigenvalue weighted by Crippen LogP contribution is -2.29. The highest BCUT2D eigenvalue weighted by molar-refractivity contribution is 5.28. The molecule has 2 heteroatoms. The number of rotatable bonds is 7. The van der Waals surface area contributed by atoms with Crippen LogP contribution in [-0.4, -0.2) is 13.2 Å². The lowest BCUT2D eigenvalue weighted by atomic mass is 9.85. The summed E-state index contributed by atoms with van der Waals surface area (Å²) in [5, 5.41) is 3.62. The van der Waals surface area contributed by atoms with Crippen molar-refractivity contribution in [2.24, 2.45) is 5.92 Å². The first-order chi connectivity index (χ1) is 8.79. The monoisotopic (exact) mass is 247 g/mol. The van der Waals surface area contributed by atoms with Gasteiger partial charge in [-0.2, -0.15) is 0 Å². The van der Waals surface area contributed by atoms with Crippen LogP contribution >= 0.6 is 0 Å². The molecule has 0 spiro atoms. The molecule has 1 unspecified atom stereocenters. The van der Waals surface area contributed by atoms with Gasteiger partial charge in [0.2, 0.25) is 0 Å². The fourth-order valence-electron chi connectivity index (χ4n) is 2.23. The van der Waals surface area contributed by atoms with Gasteiger partial charge in [-0.25, -0.2) is 0 Å².